The Bertz CT molecular complexity index is 1180. The average molecular weight is 358 g/mol. The Hall–Kier alpha value is -3.53. The molecule has 0 spiro atoms. The maximum atomic E-state index is 12.0. The van der Waals surface area contributed by atoms with Gasteiger partial charge in [0.25, 0.3) is 0 Å². The predicted octanol–water partition coefficient (Wildman–Crippen LogP) is 3.34. The third-order valence-electron chi connectivity index (χ3n) is 4.58. The fraction of sp³-hybridized carbons (Fsp3) is 0.250. The zero-order chi connectivity index (χ0) is 18.8. The average Bonchev–Trinajstić information content (AvgIpc) is 3.21. The topological polar surface area (TPSA) is 89.4 Å². The normalized spacial score (nSPS) is 11.1. The molecule has 27 heavy (non-hydrogen) atoms. The van der Waals surface area contributed by atoms with Crippen LogP contribution in [-0.2, 0) is 13.1 Å². The summed E-state index contributed by atoms with van der Waals surface area (Å²) in [5.41, 5.74) is 3.19. The van der Waals surface area contributed by atoms with Crippen molar-refractivity contribution in [3.05, 3.63) is 54.2 Å². The molecule has 134 valence electrons. The molecule has 0 unspecified atom stereocenters. The minimum atomic E-state index is -0.0764. The van der Waals surface area contributed by atoms with Gasteiger partial charge in [0.15, 0.2) is 5.78 Å². The highest BCUT2D eigenvalue weighted by molar-refractivity contribution is 6.04. The molecule has 0 fully saturated rings. The summed E-state index contributed by atoms with van der Waals surface area (Å²) in [6.07, 6.45) is 4.63. The number of unbranched alkanes of at least 4 members (excludes halogenated alkanes) is 1. The van der Waals surface area contributed by atoms with Crippen molar-refractivity contribution in [1.82, 2.24) is 24.3 Å². The fourth-order valence-electron chi connectivity index (χ4n) is 3.35. The lowest BCUT2D eigenvalue weighted by Gasteiger charge is -2.09. The molecule has 4 rings (SSSR count). The Balaban J connectivity index is 1.80. The van der Waals surface area contributed by atoms with Gasteiger partial charge in [0.1, 0.15) is 11.5 Å². The van der Waals surface area contributed by atoms with Crippen LogP contribution < -0.4 is 0 Å². The number of hydrogen-bond donors (Lipinski definition) is 0. The second-order valence-electron chi connectivity index (χ2n) is 6.39. The van der Waals surface area contributed by atoms with E-state index in [2.05, 4.69) is 20.7 Å². The van der Waals surface area contributed by atoms with Crippen molar-refractivity contribution >= 4 is 27.7 Å². The molecule has 0 aliphatic heterocycles. The van der Waals surface area contributed by atoms with E-state index in [1.807, 2.05) is 30.3 Å². The molecule has 0 amide bonds. The van der Waals surface area contributed by atoms with Crippen molar-refractivity contribution in [3.8, 4) is 6.07 Å². The summed E-state index contributed by atoms with van der Waals surface area (Å²) >= 11 is 0. The van der Waals surface area contributed by atoms with Crippen LogP contribution in [-0.4, -0.2) is 30.1 Å². The van der Waals surface area contributed by atoms with E-state index in [9.17, 15) is 4.79 Å². The lowest BCUT2D eigenvalue weighted by molar-refractivity contribution is 0.101. The Morgan fingerprint density at radius 3 is 2.89 bits per heavy atom. The van der Waals surface area contributed by atoms with Gasteiger partial charge in [-0.05, 0) is 24.6 Å². The van der Waals surface area contributed by atoms with Crippen LogP contribution in [0.2, 0.25) is 0 Å². The standard InChI is InChI=1S/C20H18N6O/c1-14(27)20-15-8-10-22-12-18(15)26(24-20)13-19-23-16-6-2-3-7-17(16)25(19)11-5-4-9-21/h2-3,6-8,10,12H,4-5,11,13H2,1H3. The van der Waals surface area contributed by atoms with Crippen molar-refractivity contribution in [3.63, 3.8) is 0 Å². The van der Waals surface area contributed by atoms with Crippen LogP contribution in [0.1, 0.15) is 36.1 Å². The summed E-state index contributed by atoms with van der Waals surface area (Å²) in [6.45, 7) is 2.65. The molecule has 0 bridgehead atoms. The van der Waals surface area contributed by atoms with Crippen LogP contribution in [0.4, 0.5) is 0 Å². The van der Waals surface area contributed by atoms with Gasteiger partial charge in [-0.15, -0.1) is 0 Å². The molecule has 1 aromatic carbocycles. The molecule has 0 saturated carbocycles. The van der Waals surface area contributed by atoms with Crippen molar-refractivity contribution < 1.29 is 4.79 Å². The number of imidazole rings is 1. The second kappa shape index (κ2) is 7.00. The number of rotatable bonds is 6. The van der Waals surface area contributed by atoms with Gasteiger partial charge in [0.05, 0.1) is 35.4 Å². The minimum Gasteiger partial charge on any atom is -0.326 e. The van der Waals surface area contributed by atoms with Crippen LogP contribution in [0.15, 0.2) is 42.7 Å². The van der Waals surface area contributed by atoms with Gasteiger partial charge < -0.3 is 4.57 Å². The third kappa shape index (κ3) is 3.06. The highest BCUT2D eigenvalue weighted by Crippen LogP contribution is 2.22. The number of pyridine rings is 1. The number of ketones is 1. The van der Waals surface area contributed by atoms with E-state index >= 15 is 0 Å². The van der Waals surface area contributed by atoms with E-state index in [1.165, 1.54) is 6.92 Å². The van der Waals surface area contributed by atoms with Crippen molar-refractivity contribution in [2.45, 2.75) is 32.9 Å². The quantitative estimate of drug-likeness (QED) is 0.389. The maximum absolute atomic E-state index is 12.0. The number of aryl methyl sites for hydroxylation is 1. The molecule has 0 N–H and O–H groups in total. The molecular weight excluding hydrogens is 340 g/mol. The first-order valence-corrected chi connectivity index (χ1v) is 8.81. The number of benzene rings is 1. The molecule has 0 aliphatic carbocycles. The molecule has 3 heterocycles. The lowest BCUT2D eigenvalue weighted by Crippen LogP contribution is -2.11. The van der Waals surface area contributed by atoms with Gasteiger partial charge >= 0.3 is 0 Å². The highest BCUT2D eigenvalue weighted by Gasteiger charge is 2.17. The smallest absolute Gasteiger partial charge is 0.180 e. The number of fused-ring (bicyclic) bond motifs is 2. The minimum absolute atomic E-state index is 0.0764. The summed E-state index contributed by atoms with van der Waals surface area (Å²) in [6, 6.07) is 11.9. The van der Waals surface area contributed by atoms with E-state index in [0.29, 0.717) is 25.2 Å². The van der Waals surface area contributed by atoms with Crippen LogP contribution >= 0.6 is 0 Å². The summed E-state index contributed by atoms with van der Waals surface area (Å²) in [5.74, 6) is 0.768. The van der Waals surface area contributed by atoms with E-state index in [1.54, 1.807) is 17.1 Å². The highest BCUT2D eigenvalue weighted by atomic mass is 16.1. The Morgan fingerprint density at radius 1 is 1.22 bits per heavy atom. The maximum Gasteiger partial charge on any atom is 0.180 e. The predicted molar refractivity (Wildman–Crippen MR) is 101 cm³/mol. The molecule has 0 radical (unpaired) electrons. The summed E-state index contributed by atoms with van der Waals surface area (Å²) in [5, 5.41) is 14.2. The molecule has 0 atom stereocenters. The second-order valence-corrected chi connectivity index (χ2v) is 6.39. The molecule has 4 aromatic rings. The van der Waals surface area contributed by atoms with E-state index < -0.39 is 0 Å². The first-order valence-electron chi connectivity index (χ1n) is 8.81. The van der Waals surface area contributed by atoms with Gasteiger partial charge in [0.2, 0.25) is 0 Å². The van der Waals surface area contributed by atoms with Gasteiger partial charge in [-0.2, -0.15) is 10.4 Å². The number of nitriles is 1. The number of aromatic nitrogens is 5. The number of carbonyl (C=O) groups excluding carboxylic acids is 1. The fourth-order valence-corrected chi connectivity index (χ4v) is 3.35. The van der Waals surface area contributed by atoms with Crippen LogP contribution in [0.3, 0.4) is 0 Å². The van der Waals surface area contributed by atoms with Crippen molar-refractivity contribution in [2.75, 3.05) is 0 Å². The van der Waals surface area contributed by atoms with Crippen LogP contribution in [0, 0.1) is 11.3 Å². The van der Waals surface area contributed by atoms with Gasteiger partial charge in [0, 0.05) is 31.5 Å². The number of nitrogens with zero attached hydrogens (tertiary/aromatic N) is 6. The zero-order valence-corrected chi connectivity index (χ0v) is 15.0. The van der Waals surface area contributed by atoms with Crippen molar-refractivity contribution in [1.29, 1.82) is 5.26 Å². The number of para-hydroxylation sites is 2. The lowest BCUT2D eigenvalue weighted by atomic mass is 10.2. The molecule has 0 aliphatic rings. The van der Waals surface area contributed by atoms with Gasteiger partial charge in [-0.25, -0.2) is 4.98 Å². The third-order valence-corrected chi connectivity index (χ3v) is 4.58. The molecule has 7 heteroatoms. The van der Waals surface area contributed by atoms with E-state index in [0.717, 1.165) is 34.2 Å². The van der Waals surface area contributed by atoms with Crippen LogP contribution in [0.25, 0.3) is 21.9 Å². The van der Waals surface area contributed by atoms with Gasteiger partial charge in [-0.3, -0.25) is 14.5 Å². The van der Waals surface area contributed by atoms with Crippen molar-refractivity contribution in [2.24, 2.45) is 0 Å². The molecule has 7 nitrogen and oxygen atoms in total. The molecule has 3 aromatic heterocycles. The zero-order valence-electron chi connectivity index (χ0n) is 15.0. The number of carbonyl (C=O) groups is 1. The van der Waals surface area contributed by atoms with E-state index in [-0.39, 0.29) is 5.78 Å². The monoisotopic (exact) mass is 358 g/mol. The SMILES string of the molecule is CC(=O)c1nn(Cc2nc3ccccc3n2CCCC#N)c2cnccc12. The number of Topliss-reactive ketones (excluding diaryl/α,β-unsaturated/α-hetero) is 1. The molecule has 0 saturated heterocycles. The Kier molecular flexibility index (Phi) is 4.38. The largest absolute Gasteiger partial charge is 0.326 e. The Morgan fingerprint density at radius 2 is 2.07 bits per heavy atom. The summed E-state index contributed by atoms with van der Waals surface area (Å²) < 4.78 is 3.91. The van der Waals surface area contributed by atoms with Gasteiger partial charge in [-0.1, -0.05) is 12.1 Å². The van der Waals surface area contributed by atoms with E-state index in [4.69, 9.17) is 10.2 Å². The first-order chi connectivity index (χ1) is 13.2. The Labute approximate surface area is 155 Å². The number of hydrogen-bond acceptors (Lipinski definition) is 5. The first kappa shape index (κ1) is 16.9. The van der Waals surface area contributed by atoms with Crippen LogP contribution in [0.5, 0.6) is 0 Å². The summed E-state index contributed by atoms with van der Waals surface area (Å²) in [4.78, 5) is 20.9. The molecular formula is C20H18N6O. The summed E-state index contributed by atoms with van der Waals surface area (Å²) in [7, 11) is 0.